The zero-order valence-electron chi connectivity index (χ0n) is 11.5. The minimum atomic E-state index is 0.559. The molecular weight excluding hydrogens is 236 g/mol. The molecule has 0 heterocycles. The first-order valence-electron chi connectivity index (χ1n) is 6.36. The standard InChI is InChI=1S/C16H20N2O/c1-18(16-6-4-3-5-14(16)11-17)12-13-7-9-15(19-2)10-8-13/h3-10H,11-12,17H2,1-2H3. The molecule has 0 unspecified atom stereocenters. The Kier molecular flexibility index (Phi) is 4.42. The van der Waals surface area contributed by atoms with Crippen molar-refractivity contribution in [3.8, 4) is 5.75 Å². The van der Waals surface area contributed by atoms with Crippen molar-refractivity contribution in [2.45, 2.75) is 13.1 Å². The molecule has 0 aromatic heterocycles. The van der Waals surface area contributed by atoms with Gasteiger partial charge in [-0.25, -0.2) is 0 Å². The van der Waals surface area contributed by atoms with E-state index in [1.807, 2.05) is 24.3 Å². The lowest BCUT2D eigenvalue weighted by atomic mass is 10.1. The fourth-order valence-corrected chi connectivity index (χ4v) is 2.15. The van der Waals surface area contributed by atoms with Gasteiger partial charge in [-0.1, -0.05) is 30.3 Å². The van der Waals surface area contributed by atoms with Crippen LogP contribution in [0, 0.1) is 0 Å². The Hall–Kier alpha value is -2.00. The number of hydrogen-bond donors (Lipinski definition) is 1. The molecule has 0 saturated carbocycles. The molecule has 0 aliphatic carbocycles. The first-order valence-corrected chi connectivity index (χ1v) is 6.36. The van der Waals surface area contributed by atoms with E-state index in [9.17, 15) is 0 Å². The summed E-state index contributed by atoms with van der Waals surface area (Å²) in [7, 11) is 3.76. The van der Waals surface area contributed by atoms with Crippen LogP contribution >= 0.6 is 0 Å². The van der Waals surface area contributed by atoms with Crippen LogP contribution in [0.5, 0.6) is 5.75 Å². The Balaban J connectivity index is 2.13. The summed E-state index contributed by atoms with van der Waals surface area (Å²) in [4.78, 5) is 2.21. The van der Waals surface area contributed by atoms with Gasteiger partial charge in [-0.2, -0.15) is 0 Å². The Labute approximate surface area is 114 Å². The summed E-state index contributed by atoms with van der Waals surface area (Å²) in [6, 6.07) is 16.4. The van der Waals surface area contributed by atoms with Gasteiger partial charge in [-0.05, 0) is 29.3 Å². The van der Waals surface area contributed by atoms with Crippen molar-refractivity contribution in [3.63, 3.8) is 0 Å². The average Bonchev–Trinajstić information content (AvgIpc) is 2.48. The van der Waals surface area contributed by atoms with Crippen LogP contribution in [0.3, 0.4) is 0 Å². The number of rotatable bonds is 5. The monoisotopic (exact) mass is 256 g/mol. The van der Waals surface area contributed by atoms with Crippen LogP contribution in [0.25, 0.3) is 0 Å². The van der Waals surface area contributed by atoms with Crippen molar-refractivity contribution in [2.24, 2.45) is 5.73 Å². The minimum absolute atomic E-state index is 0.559. The Bertz CT molecular complexity index is 523. The zero-order chi connectivity index (χ0) is 13.7. The molecule has 2 rings (SSSR count). The van der Waals surface area contributed by atoms with Crippen molar-refractivity contribution >= 4 is 5.69 Å². The van der Waals surface area contributed by atoms with Gasteiger partial charge in [0, 0.05) is 25.8 Å². The van der Waals surface area contributed by atoms with Crippen LogP contribution in [0.2, 0.25) is 0 Å². The van der Waals surface area contributed by atoms with Gasteiger partial charge < -0.3 is 15.4 Å². The fourth-order valence-electron chi connectivity index (χ4n) is 2.15. The predicted octanol–water partition coefficient (Wildman–Crippen LogP) is 2.79. The van der Waals surface area contributed by atoms with Gasteiger partial charge in [0.15, 0.2) is 0 Å². The summed E-state index contributed by atoms with van der Waals surface area (Å²) in [5.74, 6) is 0.883. The van der Waals surface area contributed by atoms with Crippen molar-refractivity contribution in [2.75, 3.05) is 19.1 Å². The molecule has 0 saturated heterocycles. The van der Waals surface area contributed by atoms with E-state index < -0.39 is 0 Å². The van der Waals surface area contributed by atoms with E-state index in [1.165, 1.54) is 16.8 Å². The van der Waals surface area contributed by atoms with Gasteiger partial charge in [-0.3, -0.25) is 0 Å². The van der Waals surface area contributed by atoms with Crippen molar-refractivity contribution < 1.29 is 4.74 Å². The summed E-state index contributed by atoms with van der Waals surface area (Å²) in [6.07, 6.45) is 0. The van der Waals surface area contributed by atoms with Gasteiger partial charge in [-0.15, -0.1) is 0 Å². The molecule has 3 nitrogen and oxygen atoms in total. The van der Waals surface area contributed by atoms with Crippen LogP contribution in [-0.4, -0.2) is 14.2 Å². The van der Waals surface area contributed by atoms with Gasteiger partial charge in [0.1, 0.15) is 5.75 Å². The molecule has 0 amide bonds. The van der Waals surface area contributed by atoms with E-state index in [0.29, 0.717) is 6.54 Å². The molecule has 100 valence electrons. The second-order valence-corrected chi connectivity index (χ2v) is 4.54. The van der Waals surface area contributed by atoms with E-state index >= 15 is 0 Å². The maximum absolute atomic E-state index is 5.78. The maximum atomic E-state index is 5.78. The molecular formula is C16H20N2O. The van der Waals surface area contributed by atoms with Crippen molar-refractivity contribution in [1.82, 2.24) is 0 Å². The first-order chi connectivity index (χ1) is 9.24. The molecule has 3 heteroatoms. The first kappa shape index (κ1) is 13.4. The van der Waals surface area contributed by atoms with E-state index in [1.54, 1.807) is 7.11 Å². The third-order valence-corrected chi connectivity index (χ3v) is 3.20. The van der Waals surface area contributed by atoms with Crippen molar-refractivity contribution in [3.05, 3.63) is 59.7 Å². The van der Waals surface area contributed by atoms with Crippen LogP contribution in [-0.2, 0) is 13.1 Å². The fraction of sp³-hybridized carbons (Fsp3) is 0.250. The number of methoxy groups -OCH3 is 1. The quantitative estimate of drug-likeness (QED) is 0.894. The third-order valence-electron chi connectivity index (χ3n) is 3.20. The van der Waals surface area contributed by atoms with Gasteiger partial charge in [0.25, 0.3) is 0 Å². The number of nitrogens with zero attached hydrogens (tertiary/aromatic N) is 1. The van der Waals surface area contributed by atoms with E-state index in [4.69, 9.17) is 10.5 Å². The highest BCUT2D eigenvalue weighted by Crippen LogP contribution is 2.21. The lowest BCUT2D eigenvalue weighted by Crippen LogP contribution is -2.18. The number of benzene rings is 2. The van der Waals surface area contributed by atoms with E-state index in [-0.39, 0.29) is 0 Å². The molecule has 2 N–H and O–H groups in total. The number of nitrogens with two attached hydrogens (primary N) is 1. The zero-order valence-corrected chi connectivity index (χ0v) is 11.5. The van der Waals surface area contributed by atoms with Crippen LogP contribution in [0.15, 0.2) is 48.5 Å². The summed E-state index contributed by atoms with van der Waals surface area (Å²) in [5, 5.41) is 0. The SMILES string of the molecule is COc1ccc(CN(C)c2ccccc2CN)cc1. The predicted molar refractivity (Wildman–Crippen MR) is 79.4 cm³/mol. The van der Waals surface area contributed by atoms with Crippen LogP contribution < -0.4 is 15.4 Å². The average molecular weight is 256 g/mol. The number of anilines is 1. The Morgan fingerprint density at radius 2 is 1.74 bits per heavy atom. The molecule has 0 fully saturated rings. The molecule has 0 atom stereocenters. The van der Waals surface area contributed by atoms with Crippen LogP contribution in [0.1, 0.15) is 11.1 Å². The lowest BCUT2D eigenvalue weighted by Gasteiger charge is -2.22. The highest BCUT2D eigenvalue weighted by molar-refractivity contribution is 5.53. The summed E-state index contributed by atoms with van der Waals surface area (Å²) < 4.78 is 5.17. The number of para-hydroxylation sites is 1. The molecule has 2 aromatic rings. The molecule has 2 aromatic carbocycles. The Morgan fingerprint density at radius 1 is 1.05 bits per heavy atom. The smallest absolute Gasteiger partial charge is 0.118 e. The highest BCUT2D eigenvalue weighted by atomic mass is 16.5. The van der Waals surface area contributed by atoms with Gasteiger partial charge in [0.05, 0.1) is 7.11 Å². The maximum Gasteiger partial charge on any atom is 0.118 e. The molecule has 19 heavy (non-hydrogen) atoms. The van der Waals surface area contributed by atoms with Gasteiger partial charge in [0.2, 0.25) is 0 Å². The molecule has 0 radical (unpaired) electrons. The van der Waals surface area contributed by atoms with Crippen molar-refractivity contribution in [1.29, 1.82) is 0 Å². The van der Waals surface area contributed by atoms with E-state index in [0.717, 1.165) is 12.3 Å². The third kappa shape index (κ3) is 3.26. The minimum Gasteiger partial charge on any atom is -0.497 e. The Morgan fingerprint density at radius 3 is 2.37 bits per heavy atom. The molecule has 0 aliphatic rings. The van der Waals surface area contributed by atoms with Crippen LogP contribution in [0.4, 0.5) is 5.69 Å². The second-order valence-electron chi connectivity index (χ2n) is 4.54. The number of ether oxygens (including phenoxy) is 1. The van der Waals surface area contributed by atoms with E-state index in [2.05, 4.69) is 36.2 Å². The second kappa shape index (κ2) is 6.25. The summed E-state index contributed by atoms with van der Waals surface area (Å²) in [5.41, 5.74) is 9.37. The number of hydrogen-bond acceptors (Lipinski definition) is 3. The largest absolute Gasteiger partial charge is 0.497 e. The normalized spacial score (nSPS) is 10.3. The highest BCUT2D eigenvalue weighted by Gasteiger charge is 2.06. The summed E-state index contributed by atoms with van der Waals surface area (Å²) >= 11 is 0. The lowest BCUT2D eigenvalue weighted by molar-refractivity contribution is 0.414. The van der Waals surface area contributed by atoms with Gasteiger partial charge >= 0.3 is 0 Å². The topological polar surface area (TPSA) is 38.5 Å². The molecule has 0 aliphatic heterocycles. The molecule has 0 bridgehead atoms. The summed E-state index contributed by atoms with van der Waals surface area (Å²) in [6.45, 7) is 1.41. The molecule has 0 spiro atoms.